The minimum absolute atomic E-state index is 0.613. The van der Waals surface area contributed by atoms with E-state index in [1.807, 2.05) is 18.2 Å². The van der Waals surface area contributed by atoms with Gasteiger partial charge in [-0.25, -0.2) is 0 Å². The lowest BCUT2D eigenvalue weighted by molar-refractivity contribution is 1.05. The fourth-order valence-electron chi connectivity index (χ4n) is 1.54. The number of benzene rings is 1. The highest BCUT2D eigenvalue weighted by atomic mass is 35.5. The Morgan fingerprint density at radius 1 is 1.07 bits per heavy atom. The number of allylic oxidation sites excluding steroid dienone is 4. The van der Waals surface area contributed by atoms with Crippen LogP contribution in [-0.4, -0.2) is 0 Å². The largest absolute Gasteiger partial charge is 0.0842 e. The second kappa shape index (κ2) is 4.20. The number of rotatable bonds is 1. The van der Waals surface area contributed by atoms with E-state index in [9.17, 15) is 0 Å². The van der Waals surface area contributed by atoms with Crippen LogP contribution in [0.25, 0.3) is 5.57 Å². The Morgan fingerprint density at radius 2 is 1.93 bits per heavy atom. The van der Waals surface area contributed by atoms with Gasteiger partial charge in [0.05, 0.1) is 10.0 Å². The number of halogens is 2. The molecule has 14 heavy (non-hydrogen) atoms. The Kier molecular flexibility index (Phi) is 2.95. The predicted molar refractivity (Wildman–Crippen MR) is 62.8 cm³/mol. The van der Waals surface area contributed by atoms with Gasteiger partial charge < -0.3 is 0 Å². The van der Waals surface area contributed by atoms with Crippen molar-refractivity contribution in [3.05, 3.63) is 52.0 Å². The van der Waals surface area contributed by atoms with Crippen molar-refractivity contribution in [3.8, 4) is 0 Å². The highest BCUT2D eigenvalue weighted by Crippen LogP contribution is 2.29. The third-order valence-corrected chi connectivity index (χ3v) is 3.04. The monoisotopic (exact) mass is 224 g/mol. The van der Waals surface area contributed by atoms with E-state index in [1.165, 1.54) is 11.1 Å². The van der Waals surface area contributed by atoms with Crippen molar-refractivity contribution in [1.82, 2.24) is 0 Å². The molecule has 0 aromatic heterocycles. The van der Waals surface area contributed by atoms with E-state index in [0.717, 1.165) is 12.8 Å². The molecule has 0 saturated heterocycles. The first-order valence-corrected chi connectivity index (χ1v) is 5.34. The summed E-state index contributed by atoms with van der Waals surface area (Å²) in [6.45, 7) is 0. The average Bonchev–Trinajstić information content (AvgIpc) is 2.23. The van der Waals surface area contributed by atoms with Crippen LogP contribution in [-0.2, 0) is 0 Å². The quantitative estimate of drug-likeness (QED) is 0.648. The van der Waals surface area contributed by atoms with E-state index < -0.39 is 0 Å². The molecule has 0 unspecified atom stereocenters. The van der Waals surface area contributed by atoms with Gasteiger partial charge in [0.1, 0.15) is 0 Å². The number of hydrogen-bond donors (Lipinski definition) is 0. The first-order valence-electron chi connectivity index (χ1n) is 4.58. The first kappa shape index (κ1) is 9.82. The van der Waals surface area contributed by atoms with Crippen LogP contribution in [0.2, 0.25) is 10.0 Å². The summed E-state index contributed by atoms with van der Waals surface area (Å²) in [4.78, 5) is 0. The molecule has 0 fully saturated rings. The summed E-state index contributed by atoms with van der Waals surface area (Å²) < 4.78 is 0. The molecule has 1 aromatic carbocycles. The average molecular weight is 225 g/mol. The lowest BCUT2D eigenvalue weighted by Gasteiger charge is -2.09. The van der Waals surface area contributed by atoms with Gasteiger partial charge in [-0.3, -0.25) is 0 Å². The minimum Gasteiger partial charge on any atom is -0.0842 e. The molecule has 0 amide bonds. The predicted octanol–water partition coefficient (Wildman–Crippen LogP) is 4.73. The van der Waals surface area contributed by atoms with Gasteiger partial charge in [-0.2, -0.15) is 0 Å². The fourth-order valence-corrected chi connectivity index (χ4v) is 1.84. The van der Waals surface area contributed by atoms with Crippen LogP contribution < -0.4 is 0 Å². The lowest BCUT2D eigenvalue weighted by atomic mass is 9.98. The van der Waals surface area contributed by atoms with Gasteiger partial charge in [0.25, 0.3) is 0 Å². The summed E-state index contributed by atoms with van der Waals surface area (Å²) in [5.41, 5.74) is 2.50. The van der Waals surface area contributed by atoms with Crippen LogP contribution in [0.15, 0.2) is 36.4 Å². The zero-order chi connectivity index (χ0) is 9.97. The summed E-state index contributed by atoms with van der Waals surface area (Å²) in [7, 11) is 0. The maximum absolute atomic E-state index is 5.96. The van der Waals surface area contributed by atoms with Gasteiger partial charge in [-0.15, -0.1) is 0 Å². The second-order valence-corrected chi connectivity index (χ2v) is 4.10. The molecule has 2 rings (SSSR count). The van der Waals surface area contributed by atoms with Crippen molar-refractivity contribution < 1.29 is 0 Å². The van der Waals surface area contributed by atoms with Crippen molar-refractivity contribution in [1.29, 1.82) is 0 Å². The van der Waals surface area contributed by atoms with Crippen molar-refractivity contribution in [3.63, 3.8) is 0 Å². The van der Waals surface area contributed by atoms with Gasteiger partial charge in [0.15, 0.2) is 0 Å². The van der Waals surface area contributed by atoms with Crippen molar-refractivity contribution >= 4 is 28.8 Å². The van der Waals surface area contributed by atoms with Gasteiger partial charge in [-0.05, 0) is 36.1 Å². The molecule has 1 aliphatic carbocycles. The van der Waals surface area contributed by atoms with Gasteiger partial charge in [0.2, 0.25) is 0 Å². The molecule has 0 atom stereocenters. The van der Waals surface area contributed by atoms with Crippen LogP contribution in [0.4, 0.5) is 0 Å². The zero-order valence-electron chi connectivity index (χ0n) is 7.63. The third-order valence-electron chi connectivity index (χ3n) is 2.30. The van der Waals surface area contributed by atoms with Gasteiger partial charge in [-0.1, -0.05) is 47.5 Å². The molecule has 1 aromatic rings. The van der Waals surface area contributed by atoms with Gasteiger partial charge in [0, 0.05) is 0 Å². The SMILES string of the molecule is Clc1ccc(C2=CC=CCC2)cc1Cl. The summed E-state index contributed by atoms with van der Waals surface area (Å²) in [5, 5.41) is 1.24. The molecule has 72 valence electrons. The normalized spacial score (nSPS) is 15.4. The summed E-state index contributed by atoms with van der Waals surface area (Å²) in [5.74, 6) is 0. The Balaban J connectivity index is 2.37. The summed E-state index contributed by atoms with van der Waals surface area (Å²) in [6.07, 6.45) is 8.56. The van der Waals surface area contributed by atoms with Crippen molar-refractivity contribution in [2.45, 2.75) is 12.8 Å². The maximum Gasteiger partial charge on any atom is 0.0598 e. The Bertz CT molecular complexity index is 403. The molecule has 0 spiro atoms. The summed E-state index contributed by atoms with van der Waals surface area (Å²) >= 11 is 11.8. The molecule has 0 heterocycles. The van der Waals surface area contributed by atoms with E-state index in [0.29, 0.717) is 10.0 Å². The molecule has 0 aliphatic heterocycles. The first-order chi connectivity index (χ1) is 6.77. The van der Waals surface area contributed by atoms with Crippen LogP contribution in [0.3, 0.4) is 0 Å². The smallest absolute Gasteiger partial charge is 0.0598 e. The molecular weight excluding hydrogens is 215 g/mol. The highest BCUT2D eigenvalue weighted by molar-refractivity contribution is 6.42. The standard InChI is InChI=1S/C12H10Cl2/c13-11-7-6-10(8-12(11)14)9-4-2-1-3-5-9/h1-2,4,6-8H,3,5H2. The van der Waals surface area contributed by atoms with Gasteiger partial charge >= 0.3 is 0 Å². The van der Waals surface area contributed by atoms with Crippen molar-refractivity contribution in [2.75, 3.05) is 0 Å². The van der Waals surface area contributed by atoms with Crippen LogP contribution in [0.5, 0.6) is 0 Å². The fraction of sp³-hybridized carbons (Fsp3) is 0.167. The molecule has 0 saturated carbocycles. The minimum atomic E-state index is 0.613. The molecular formula is C12H10Cl2. The topological polar surface area (TPSA) is 0 Å². The Hall–Kier alpha value is -0.720. The molecule has 0 bridgehead atoms. The van der Waals surface area contributed by atoms with E-state index in [2.05, 4.69) is 18.2 Å². The van der Waals surface area contributed by atoms with E-state index >= 15 is 0 Å². The molecule has 0 radical (unpaired) electrons. The van der Waals surface area contributed by atoms with E-state index in [1.54, 1.807) is 0 Å². The van der Waals surface area contributed by atoms with Crippen LogP contribution >= 0.6 is 23.2 Å². The third kappa shape index (κ3) is 2.02. The molecule has 2 heteroatoms. The number of hydrogen-bond acceptors (Lipinski definition) is 0. The Morgan fingerprint density at radius 3 is 2.57 bits per heavy atom. The Labute approximate surface area is 93.8 Å². The van der Waals surface area contributed by atoms with E-state index in [4.69, 9.17) is 23.2 Å². The maximum atomic E-state index is 5.96. The lowest BCUT2D eigenvalue weighted by Crippen LogP contribution is -1.87. The molecule has 0 nitrogen and oxygen atoms in total. The van der Waals surface area contributed by atoms with Crippen LogP contribution in [0, 0.1) is 0 Å². The van der Waals surface area contributed by atoms with E-state index in [-0.39, 0.29) is 0 Å². The molecule has 1 aliphatic rings. The van der Waals surface area contributed by atoms with Crippen molar-refractivity contribution in [2.24, 2.45) is 0 Å². The highest BCUT2D eigenvalue weighted by Gasteiger charge is 2.05. The van der Waals surface area contributed by atoms with Crippen LogP contribution in [0.1, 0.15) is 18.4 Å². The molecule has 0 N–H and O–H groups in total. The zero-order valence-corrected chi connectivity index (χ0v) is 9.15. The summed E-state index contributed by atoms with van der Waals surface area (Å²) in [6, 6.07) is 5.78. The second-order valence-electron chi connectivity index (χ2n) is 3.29.